The Labute approximate surface area is 243 Å². The van der Waals surface area contributed by atoms with Gasteiger partial charge < -0.3 is 14.5 Å². The first-order chi connectivity index (χ1) is 18.1. The second kappa shape index (κ2) is 11.5. The molecule has 0 bridgehead atoms. The van der Waals surface area contributed by atoms with Crippen LogP contribution < -0.4 is 0 Å². The molecule has 0 unspecified atom stereocenters. The van der Waals surface area contributed by atoms with Crippen molar-refractivity contribution in [3.63, 3.8) is 0 Å². The van der Waals surface area contributed by atoms with Crippen molar-refractivity contribution < 1.29 is 34.4 Å². The fourth-order valence-electron chi connectivity index (χ4n) is 5.22. The van der Waals surface area contributed by atoms with Crippen molar-refractivity contribution in [2.24, 2.45) is 0 Å². The first kappa shape index (κ1) is 28.7. The summed E-state index contributed by atoms with van der Waals surface area (Å²) < 4.78 is 6.30. The summed E-state index contributed by atoms with van der Waals surface area (Å²) in [6.07, 6.45) is 7.95. The van der Waals surface area contributed by atoms with Crippen molar-refractivity contribution in [2.45, 2.75) is 65.7 Å². The standard InChI is InChI=1S/C29H26NO.C5H8O2.Ir/c1-29(2,3)22-10-8-18(9-11-22)28-23-17-25-24-14-19-6-4-5-7-20(19)15-26(24)31-27(25)16-21(23)12-13-30-28;1-4(6)3-5(2)7;/h8,10-17H,4-7H2,1-3H3;3,6H,1-2H3;/q-1;;/b;4-3-;. The molecule has 203 valence electrons. The Morgan fingerprint density at radius 3 is 2.21 bits per heavy atom. The smallest absolute Gasteiger partial charge is 0.155 e. The summed E-state index contributed by atoms with van der Waals surface area (Å²) in [6, 6.07) is 21.1. The number of aryl methyl sites for hydroxylation is 2. The summed E-state index contributed by atoms with van der Waals surface area (Å²) in [5.41, 5.74) is 8.30. The molecule has 0 aliphatic heterocycles. The van der Waals surface area contributed by atoms with Crippen LogP contribution in [-0.2, 0) is 43.2 Å². The molecule has 1 aliphatic carbocycles. The minimum atomic E-state index is -0.125. The van der Waals surface area contributed by atoms with Gasteiger partial charge in [-0.15, -0.1) is 35.4 Å². The van der Waals surface area contributed by atoms with Gasteiger partial charge in [0, 0.05) is 43.2 Å². The minimum Gasteiger partial charge on any atom is -0.512 e. The average molecular weight is 697 g/mol. The van der Waals surface area contributed by atoms with E-state index < -0.39 is 0 Å². The van der Waals surface area contributed by atoms with Gasteiger partial charge in [-0.3, -0.25) is 4.79 Å². The summed E-state index contributed by atoms with van der Waals surface area (Å²) >= 11 is 0. The fourth-order valence-corrected chi connectivity index (χ4v) is 5.22. The predicted octanol–water partition coefficient (Wildman–Crippen LogP) is 8.81. The molecule has 0 spiro atoms. The van der Waals surface area contributed by atoms with Crippen LogP contribution in [0.15, 0.2) is 71.0 Å². The molecule has 1 N–H and O–H groups in total. The number of ketones is 1. The molecule has 1 aliphatic rings. The molecule has 1 radical (unpaired) electrons. The van der Waals surface area contributed by atoms with Gasteiger partial charge in [-0.2, -0.15) is 0 Å². The third-order valence-electron chi connectivity index (χ3n) is 7.16. The third-order valence-corrected chi connectivity index (χ3v) is 7.16. The van der Waals surface area contributed by atoms with Crippen LogP contribution in [0.4, 0.5) is 0 Å². The SMILES string of the molecule is CC(=O)/C=C(/C)O.CC(C)(C)c1c[c-]c(-c2nccc3cc4oc5cc6c(cc5c4cc23)CCCC6)cc1.[Ir]. The van der Waals surface area contributed by atoms with Crippen molar-refractivity contribution in [3.8, 4) is 11.3 Å². The predicted molar refractivity (Wildman–Crippen MR) is 156 cm³/mol. The maximum absolute atomic E-state index is 10.0. The summed E-state index contributed by atoms with van der Waals surface area (Å²) in [4.78, 5) is 14.8. The molecule has 2 aromatic heterocycles. The van der Waals surface area contributed by atoms with E-state index in [1.54, 1.807) is 0 Å². The molecule has 0 saturated carbocycles. The zero-order valence-corrected chi connectivity index (χ0v) is 25.5. The first-order valence-electron chi connectivity index (χ1n) is 13.3. The van der Waals surface area contributed by atoms with Gasteiger partial charge >= 0.3 is 0 Å². The number of hydrogen-bond acceptors (Lipinski definition) is 4. The number of aliphatic hydroxyl groups is 1. The second-order valence-electron chi connectivity index (χ2n) is 11.3. The number of allylic oxidation sites excluding steroid dienone is 2. The Balaban J connectivity index is 0.000000394. The molecule has 0 saturated heterocycles. The van der Waals surface area contributed by atoms with Gasteiger partial charge in [-0.05, 0) is 103 Å². The van der Waals surface area contributed by atoms with Gasteiger partial charge in [0.1, 0.15) is 11.2 Å². The maximum Gasteiger partial charge on any atom is 0.155 e. The Bertz CT molecular complexity index is 1680. The van der Waals surface area contributed by atoms with Crippen LogP contribution >= 0.6 is 0 Å². The molecule has 0 fully saturated rings. The number of aromatic nitrogens is 1. The molecular weight excluding hydrogens is 663 g/mol. The molecule has 39 heavy (non-hydrogen) atoms. The van der Waals surface area contributed by atoms with Gasteiger partial charge in [-0.25, -0.2) is 0 Å². The molecular formula is C34H34IrNO3-. The van der Waals surface area contributed by atoms with Gasteiger partial charge in [0.25, 0.3) is 0 Å². The van der Waals surface area contributed by atoms with E-state index in [9.17, 15) is 4.79 Å². The van der Waals surface area contributed by atoms with Crippen LogP contribution in [0.2, 0.25) is 0 Å². The van der Waals surface area contributed by atoms with E-state index in [1.165, 1.54) is 73.1 Å². The van der Waals surface area contributed by atoms with E-state index in [2.05, 4.69) is 75.4 Å². The molecule has 6 rings (SSSR count). The van der Waals surface area contributed by atoms with Crippen LogP contribution in [0.3, 0.4) is 0 Å². The Morgan fingerprint density at radius 1 is 0.949 bits per heavy atom. The topological polar surface area (TPSA) is 63.3 Å². The number of pyridine rings is 1. The van der Waals surface area contributed by atoms with Crippen LogP contribution in [0.5, 0.6) is 0 Å². The Kier molecular flexibility index (Phi) is 8.44. The summed E-state index contributed by atoms with van der Waals surface area (Å²) in [6.45, 7) is 9.53. The molecule has 5 aromatic rings. The fraction of sp³-hybridized carbons (Fsp3) is 0.294. The third kappa shape index (κ3) is 6.16. The molecule has 4 nitrogen and oxygen atoms in total. The second-order valence-corrected chi connectivity index (χ2v) is 11.3. The number of hydrogen-bond donors (Lipinski definition) is 1. The molecule has 0 amide bonds. The molecule has 3 aromatic carbocycles. The number of aliphatic hydroxyl groups excluding tert-OH is 1. The number of furan rings is 1. The first-order valence-corrected chi connectivity index (χ1v) is 13.3. The summed E-state index contributed by atoms with van der Waals surface area (Å²) in [5, 5.41) is 13.1. The van der Waals surface area contributed by atoms with E-state index in [0.717, 1.165) is 33.2 Å². The van der Waals surface area contributed by atoms with Gasteiger partial charge in [0.05, 0.1) is 5.76 Å². The molecule has 0 atom stereocenters. The van der Waals surface area contributed by atoms with Gasteiger partial charge in [-0.1, -0.05) is 20.8 Å². The van der Waals surface area contributed by atoms with Crippen LogP contribution in [0, 0.1) is 6.07 Å². The zero-order chi connectivity index (χ0) is 27.0. The number of carbonyl (C=O) groups excluding carboxylic acids is 1. The zero-order valence-electron chi connectivity index (χ0n) is 23.1. The van der Waals surface area contributed by atoms with Crippen molar-refractivity contribution in [1.29, 1.82) is 0 Å². The van der Waals surface area contributed by atoms with Crippen LogP contribution in [0.1, 0.15) is 64.2 Å². The number of nitrogens with zero attached hydrogens (tertiary/aromatic N) is 1. The minimum absolute atomic E-state index is 0. The molecule has 2 heterocycles. The number of fused-ring (bicyclic) bond motifs is 5. The number of benzene rings is 3. The van der Waals surface area contributed by atoms with E-state index in [1.807, 2.05) is 6.20 Å². The average Bonchev–Trinajstić information content (AvgIpc) is 3.21. The van der Waals surface area contributed by atoms with Crippen LogP contribution in [0.25, 0.3) is 44.0 Å². The van der Waals surface area contributed by atoms with Crippen molar-refractivity contribution in [1.82, 2.24) is 4.98 Å². The van der Waals surface area contributed by atoms with Crippen molar-refractivity contribution in [3.05, 3.63) is 89.3 Å². The van der Waals surface area contributed by atoms with Gasteiger partial charge in [0.15, 0.2) is 5.78 Å². The maximum atomic E-state index is 10.0. The largest absolute Gasteiger partial charge is 0.512 e. The Hall–Kier alpha value is -3.27. The Morgan fingerprint density at radius 2 is 1.62 bits per heavy atom. The summed E-state index contributed by atoms with van der Waals surface area (Å²) in [5.74, 6) is -0.0625. The van der Waals surface area contributed by atoms with Gasteiger partial charge in [0.2, 0.25) is 0 Å². The molecule has 5 heteroatoms. The monoisotopic (exact) mass is 697 g/mol. The van der Waals surface area contributed by atoms with E-state index in [-0.39, 0.29) is 37.1 Å². The quantitative estimate of drug-likeness (QED) is 0.114. The van der Waals surface area contributed by atoms with E-state index >= 15 is 0 Å². The number of rotatable bonds is 2. The van der Waals surface area contributed by atoms with Crippen LogP contribution in [-0.4, -0.2) is 15.9 Å². The normalized spacial score (nSPS) is 13.5. The van der Waals surface area contributed by atoms with E-state index in [0.29, 0.717) is 0 Å². The van der Waals surface area contributed by atoms with Crippen molar-refractivity contribution >= 4 is 38.5 Å². The summed E-state index contributed by atoms with van der Waals surface area (Å²) in [7, 11) is 0. The van der Waals surface area contributed by atoms with Crippen molar-refractivity contribution in [2.75, 3.05) is 0 Å². The van der Waals surface area contributed by atoms with E-state index in [4.69, 9.17) is 14.5 Å². The number of carbonyl (C=O) groups is 1.